The number of aromatic nitrogens is 2. The van der Waals surface area contributed by atoms with Crippen molar-refractivity contribution in [1.29, 1.82) is 5.26 Å². The smallest absolute Gasteiger partial charge is 0.257 e. The minimum absolute atomic E-state index is 0.0306. The molecule has 0 spiro atoms. The molecular weight excluding hydrogens is 240 g/mol. The van der Waals surface area contributed by atoms with Crippen molar-refractivity contribution in [3.63, 3.8) is 0 Å². The molecule has 17 heavy (non-hydrogen) atoms. The van der Waals surface area contributed by atoms with Crippen molar-refractivity contribution in [2.45, 2.75) is 32.2 Å². The molecule has 0 unspecified atom stereocenters. The van der Waals surface area contributed by atoms with E-state index in [2.05, 4.69) is 14.7 Å². The first kappa shape index (κ1) is 13.7. The average molecular weight is 256 g/mol. The van der Waals surface area contributed by atoms with Gasteiger partial charge in [0.25, 0.3) is 10.0 Å². The van der Waals surface area contributed by atoms with E-state index in [1.165, 1.54) is 6.20 Å². The second-order valence-corrected chi connectivity index (χ2v) is 6.10. The number of rotatable bonds is 5. The van der Waals surface area contributed by atoms with E-state index in [0.717, 1.165) is 0 Å². The number of aromatic amines is 1. The predicted octanol–water partition coefficient (Wildman–Crippen LogP) is 0.800. The Bertz CT molecular complexity index is 525. The summed E-state index contributed by atoms with van der Waals surface area (Å²) in [4.78, 5) is 6.64. The Balaban J connectivity index is 2.80. The number of nitriles is 1. The van der Waals surface area contributed by atoms with Crippen LogP contribution in [0, 0.1) is 16.7 Å². The molecule has 0 bridgehead atoms. The summed E-state index contributed by atoms with van der Waals surface area (Å²) < 4.78 is 26.0. The van der Waals surface area contributed by atoms with Crippen LogP contribution in [0.25, 0.3) is 0 Å². The van der Waals surface area contributed by atoms with Crippen LogP contribution >= 0.6 is 0 Å². The van der Waals surface area contributed by atoms with Crippen LogP contribution in [0.4, 0.5) is 0 Å². The van der Waals surface area contributed by atoms with E-state index in [-0.39, 0.29) is 11.6 Å². The van der Waals surface area contributed by atoms with Gasteiger partial charge in [-0.25, -0.2) is 18.1 Å². The van der Waals surface area contributed by atoms with Crippen LogP contribution in [0.3, 0.4) is 0 Å². The van der Waals surface area contributed by atoms with Gasteiger partial charge in [-0.1, -0.05) is 6.92 Å². The highest BCUT2D eigenvalue weighted by Gasteiger charge is 2.23. The number of imidazole rings is 1. The molecule has 1 rings (SSSR count). The molecule has 0 fully saturated rings. The molecule has 2 N–H and O–H groups in total. The van der Waals surface area contributed by atoms with Gasteiger partial charge in [-0.2, -0.15) is 5.26 Å². The summed E-state index contributed by atoms with van der Waals surface area (Å²) in [7, 11) is -3.61. The van der Waals surface area contributed by atoms with Gasteiger partial charge >= 0.3 is 0 Å². The molecule has 1 heterocycles. The Hall–Kier alpha value is -1.39. The van der Waals surface area contributed by atoms with Crippen LogP contribution in [0.15, 0.2) is 11.2 Å². The van der Waals surface area contributed by atoms with Crippen molar-refractivity contribution >= 4 is 10.0 Å². The van der Waals surface area contributed by atoms with Crippen LogP contribution in [-0.4, -0.2) is 24.9 Å². The third kappa shape index (κ3) is 3.54. The molecular formula is C10H16N4O2S. The Morgan fingerprint density at radius 3 is 2.71 bits per heavy atom. The predicted molar refractivity (Wildman–Crippen MR) is 62.5 cm³/mol. The van der Waals surface area contributed by atoms with Crippen molar-refractivity contribution in [2.24, 2.45) is 5.41 Å². The van der Waals surface area contributed by atoms with Gasteiger partial charge < -0.3 is 4.98 Å². The van der Waals surface area contributed by atoms with Gasteiger partial charge in [0.05, 0.1) is 17.7 Å². The van der Waals surface area contributed by atoms with Crippen molar-refractivity contribution in [3.05, 3.63) is 12.0 Å². The summed E-state index contributed by atoms with van der Waals surface area (Å²) in [5.74, 6) is 0.616. The highest BCUT2D eigenvalue weighted by Crippen LogP contribution is 2.13. The van der Waals surface area contributed by atoms with Crippen molar-refractivity contribution in [2.75, 3.05) is 6.54 Å². The van der Waals surface area contributed by atoms with E-state index in [0.29, 0.717) is 12.2 Å². The molecule has 7 heteroatoms. The second-order valence-electron chi connectivity index (χ2n) is 4.37. The molecule has 0 saturated heterocycles. The van der Waals surface area contributed by atoms with E-state index >= 15 is 0 Å². The summed E-state index contributed by atoms with van der Waals surface area (Å²) in [6.07, 6.45) is 1.92. The molecule has 1 aromatic rings. The first-order valence-corrected chi connectivity index (χ1v) is 6.74. The molecule has 0 aliphatic carbocycles. The molecule has 1 aromatic heterocycles. The van der Waals surface area contributed by atoms with E-state index in [1.54, 1.807) is 13.8 Å². The van der Waals surface area contributed by atoms with Gasteiger partial charge in [0.15, 0.2) is 5.03 Å². The molecule has 94 valence electrons. The fourth-order valence-electron chi connectivity index (χ4n) is 1.05. The quantitative estimate of drug-likeness (QED) is 0.814. The Kier molecular flexibility index (Phi) is 3.91. The molecule has 0 atom stereocenters. The summed E-state index contributed by atoms with van der Waals surface area (Å²) >= 11 is 0. The summed E-state index contributed by atoms with van der Waals surface area (Å²) in [6, 6.07) is 2.03. The van der Waals surface area contributed by atoms with Crippen LogP contribution in [0.5, 0.6) is 0 Å². The number of H-pyrrole nitrogens is 1. The topological polar surface area (TPSA) is 98.6 Å². The lowest BCUT2D eigenvalue weighted by atomic mass is 9.97. The fourth-order valence-corrected chi connectivity index (χ4v) is 2.20. The second kappa shape index (κ2) is 4.85. The van der Waals surface area contributed by atoms with Crippen LogP contribution in [0.2, 0.25) is 0 Å². The lowest BCUT2D eigenvalue weighted by Crippen LogP contribution is -2.33. The third-order valence-corrected chi connectivity index (χ3v) is 3.55. The summed E-state index contributed by atoms with van der Waals surface area (Å²) in [5.41, 5.74) is -0.735. The van der Waals surface area contributed by atoms with E-state index in [9.17, 15) is 8.42 Å². The lowest BCUT2D eigenvalue weighted by Gasteiger charge is -2.15. The maximum Gasteiger partial charge on any atom is 0.257 e. The zero-order valence-electron chi connectivity index (χ0n) is 10.1. The van der Waals surface area contributed by atoms with Crippen molar-refractivity contribution in [1.82, 2.24) is 14.7 Å². The van der Waals surface area contributed by atoms with E-state index < -0.39 is 15.4 Å². The van der Waals surface area contributed by atoms with Gasteiger partial charge in [0.2, 0.25) is 0 Å². The standard InChI is InChI=1S/C10H16N4O2S/c1-4-8-12-5-9(14-8)17(15,16)13-7-10(2,3)6-11/h5,13H,4,7H2,1-3H3,(H,12,14). The SMILES string of the molecule is CCc1ncc(S(=O)(=O)NCC(C)(C)C#N)[nH]1. The number of nitrogens with one attached hydrogen (secondary N) is 2. The Labute approximate surface area is 101 Å². The summed E-state index contributed by atoms with van der Waals surface area (Å²) in [6.45, 7) is 5.27. The Morgan fingerprint density at radius 2 is 2.24 bits per heavy atom. The van der Waals surface area contributed by atoms with Crippen molar-refractivity contribution < 1.29 is 8.42 Å². The highest BCUT2D eigenvalue weighted by atomic mass is 32.2. The third-order valence-electron chi connectivity index (χ3n) is 2.24. The molecule has 0 aromatic carbocycles. The number of sulfonamides is 1. The normalized spacial score (nSPS) is 12.4. The van der Waals surface area contributed by atoms with Crippen LogP contribution < -0.4 is 4.72 Å². The maximum atomic E-state index is 11.8. The minimum Gasteiger partial charge on any atom is -0.332 e. The molecule has 6 nitrogen and oxygen atoms in total. The van der Waals surface area contributed by atoms with Crippen LogP contribution in [0.1, 0.15) is 26.6 Å². The molecule has 0 saturated carbocycles. The van der Waals surface area contributed by atoms with Gasteiger partial charge in [-0.05, 0) is 13.8 Å². The van der Waals surface area contributed by atoms with Gasteiger partial charge in [0.1, 0.15) is 5.82 Å². The average Bonchev–Trinajstić information content (AvgIpc) is 2.76. The van der Waals surface area contributed by atoms with Gasteiger partial charge in [0, 0.05) is 13.0 Å². The molecule has 0 aliphatic heterocycles. The fraction of sp³-hybridized carbons (Fsp3) is 0.600. The lowest BCUT2D eigenvalue weighted by molar-refractivity contribution is 0.478. The van der Waals surface area contributed by atoms with Crippen LogP contribution in [-0.2, 0) is 16.4 Å². The number of nitrogens with zero attached hydrogens (tertiary/aromatic N) is 2. The zero-order valence-corrected chi connectivity index (χ0v) is 10.9. The number of hydrogen-bond donors (Lipinski definition) is 2. The van der Waals surface area contributed by atoms with E-state index in [4.69, 9.17) is 5.26 Å². The largest absolute Gasteiger partial charge is 0.332 e. The van der Waals surface area contributed by atoms with E-state index in [1.807, 2.05) is 13.0 Å². The minimum atomic E-state index is -3.61. The monoisotopic (exact) mass is 256 g/mol. The highest BCUT2D eigenvalue weighted by molar-refractivity contribution is 7.89. The van der Waals surface area contributed by atoms with Gasteiger partial charge in [-0.15, -0.1) is 0 Å². The molecule has 0 radical (unpaired) electrons. The maximum absolute atomic E-state index is 11.8. The number of aryl methyl sites for hydroxylation is 1. The Morgan fingerprint density at radius 1 is 1.59 bits per heavy atom. The zero-order chi connectivity index (χ0) is 13.1. The van der Waals surface area contributed by atoms with Gasteiger partial charge in [-0.3, -0.25) is 0 Å². The first-order valence-electron chi connectivity index (χ1n) is 5.25. The first-order chi connectivity index (χ1) is 7.80. The number of hydrogen-bond acceptors (Lipinski definition) is 4. The summed E-state index contributed by atoms with van der Waals surface area (Å²) in [5, 5.41) is 8.83. The molecule has 0 amide bonds. The van der Waals surface area contributed by atoms with Crippen molar-refractivity contribution in [3.8, 4) is 6.07 Å². The molecule has 0 aliphatic rings.